The van der Waals surface area contributed by atoms with Crippen LogP contribution in [-0.2, 0) is 0 Å². The number of ether oxygens (including phenoxy) is 2. The van der Waals surface area contributed by atoms with Crippen LogP contribution < -0.4 is 9.47 Å². The Morgan fingerprint density at radius 2 is 1.83 bits per heavy atom. The normalized spacial score (nSPS) is 20.1. The second-order valence-corrected chi connectivity index (χ2v) is 7.59. The minimum absolute atomic E-state index is 0.0587. The predicted molar refractivity (Wildman–Crippen MR) is 107 cm³/mol. The molecule has 0 bridgehead atoms. The van der Waals surface area contributed by atoms with Gasteiger partial charge in [-0.15, -0.1) is 0 Å². The van der Waals surface area contributed by atoms with Gasteiger partial charge < -0.3 is 9.47 Å². The van der Waals surface area contributed by atoms with E-state index in [-0.39, 0.29) is 29.4 Å². The molecule has 2 aromatic heterocycles. The van der Waals surface area contributed by atoms with Crippen molar-refractivity contribution in [2.75, 3.05) is 14.2 Å². The van der Waals surface area contributed by atoms with Gasteiger partial charge in [0.15, 0.2) is 11.6 Å². The van der Waals surface area contributed by atoms with Gasteiger partial charge in [-0.3, -0.25) is 4.79 Å². The Labute approximate surface area is 170 Å². The molecule has 1 aliphatic carbocycles. The van der Waals surface area contributed by atoms with E-state index in [2.05, 4.69) is 21.9 Å². The lowest BCUT2D eigenvalue weighted by Crippen LogP contribution is -2.23. The molecule has 2 aromatic rings. The summed E-state index contributed by atoms with van der Waals surface area (Å²) in [6, 6.07) is 2.01. The fourth-order valence-electron chi connectivity index (χ4n) is 4.36. The van der Waals surface area contributed by atoms with E-state index in [0.29, 0.717) is 29.4 Å². The van der Waals surface area contributed by atoms with Crippen LogP contribution in [-0.4, -0.2) is 35.0 Å². The van der Waals surface area contributed by atoms with Gasteiger partial charge in [-0.05, 0) is 55.1 Å². The zero-order chi connectivity index (χ0) is 20.8. The third-order valence-corrected chi connectivity index (χ3v) is 6.06. The zero-order valence-corrected chi connectivity index (χ0v) is 17.2. The largest absolute Gasteiger partial charge is 0.479 e. The molecule has 2 heterocycles. The van der Waals surface area contributed by atoms with E-state index < -0.39 is 0 Å². The summed E-state index contributed by atoms with van der Waals surface area (Å²) in [6.07, 6.45) is 9.87. The van der Waals surface area contributed by atoms with Crippen molar-refractivity contribution >= 4 is 5.78 Å². The van der Waals surface area contributed by atoms with E-state index in [0.717, 1.165) is 32.1 Å². The molecular formula is C22H28FN3O3. The first kappa shape index (κ1) is 21.1. The molecule has 0 saturated heterocycles. The third-order valence-electron chi connectivity index (χ3n) is 6.06. The lowest BCUT2D eigenvalue weighted by molar-refractivity contribution is 0.0924. The van der Waals surface area contributed by atoms with Crippen LogP contribution >= 0.6 is 0 Å². The van der Waals surface area contributed by atoms with Gasteiger partial charge >= 0.3 is 6.01 Å². The number of nitrogens with zero attached hydrogens (tertiary/aromatic N) is 3. The molecule has 7 heteroatoms. The highest BCUT2D eigenvalue weighted by atomic mass is 19.1. The van der Waals surface area contributed by atoms with E-state index in [1.165, 1.54) is 26.6 Å². The molecular weight excluding hydrogens is 373 g/mol. The number of Topliss-reactive ketones (excluding diaryl/α,β-unsaturated/α-hetero) is 1. The Morgan fingerprint density at radius 3 is 2.41 bits per heavy atom. The summed E-state index contributed by atoms with van der Waals surface area (Å²) in [5.74, 6) is 0.718. The first-order valence-electron chi connectivity index (χ1n) is 10.1. The Hall–Kier alpha value is -2.57. The predicted octanol–water partition coefficient (Wildman–Crippen LogP) is 4.60. The van der Waals surface area contributed by atoms with Crippen LogP contribution in [0.5, 0.6) is 11.9 Å². The molecule has 0 N–H and O–H groups in total. The number of halogens is 1. The molecule has 1 saturated carbocycles. The summed E-state index contributed by atoms with van der Waals surface area (Å²) >= 11 is 0. The monoisotopic (exact) mass is 401 g/mol. The molecule has 1 fully saturated rings. The number of aromatic nitrogens is 3. The number of ketones is 1. The average molecular weight is 401 g/mol. The van der Waals surface area contributed by atoms with Crippen LogP contribution in [0.15, 0.2) is 24.7 Å². The summed E-state index contributed by atoms with van der Waals surface area (Å²) in [6.45, 7) is 2.13. The number of hydrogen-bond donors (Lipinski definition) is 0. The van der Waals surface area contributed by atoms with E-state index in [9.17, 15) is 9.18 Å². The molecule has 0 amide bonds. The molecule has 1 atom stereocenters. The van der Waals surface area contributed by atoms with Gasteiger partial charge in [0.05, 0.1) is 19.8 Å². The average Bonchev–Trinajstić information content (AvgIpc) is 2.77. The number of hydrogen-bond acceptors (Lipinski definition) is 6. The molecule has 156 valence electrons. The van der Waals surface area contributed by atoms with E-state index in [4.69, 9.17) is 9.47 Å². The fraction of sp³-hybridized carbons (Fsp3) is 0.545. The lowest BCUT2D eigenvalue weighted by Gasteiger charge is -2.33. The van der Waals surface area contributed by atoms with Crippen molar-refractivity contribution in [3.63, 3.8) is 0 Å². The minimum atomic E-state index is -0.347. The number of methoxy groups -OCH3 is 2. The van der Waals surface area contributed by atoms with Crippen molar-refractivity contribution in [1.29, 1.82) is 0 Å². The van der Waals surface area contributed by atoms with Gasteiger partial charge in [0, 0.05) is 25.0 Å². The first-order chi connectivity index (χ1) is 14.1. The van der Waals surface area contributed by atoms with Gasteiger partial charge in [-0.25, -0.2) is 19.3 Å². The summed E-state index contributed by atoms with van der Waals surface area (Å²) in [4.78, 5) is 24.6. The van der Waals surface area contributed by atoms with Gasteiger partial charge in [0.2, 0.25) is 5.88 Å². The molecule has 3 rings (SSSR count). The molecule has 0 unspecified atom stereocenters. The quantitative estimate of drug-likeness (QED) is 0.602. The smallest absolute Gasteiger partial charge is 0.316 e. The van der Waals surface area contributed by atoms with Crippen LogP contribution in [0, 0.1) is 17.7 Å². The number of pyridine rings is 1. The van der Waals surface area contributed by atoms with Crippen molar-refractivity contribution in [2.24, 2.45) is 11.8 Å². The molecule has 29 heavy (non-hydrogen) atoms. The Balaban J connectivity index is 1.60. The standard InChI is InChI=1S/C22H28FN3O3/c1-4-14(11-19(27)17-12-25-22(29-3)26-13-17)15-5-7-16(8-6-15)18-9-10-24-21(28-2)20(18)23/h9-10,12-16H,4-8,11H2,1-3H3/t14-,15?,16?/m1/s1. The van der Waals surface area contributed by atoms with E-state index >= 15 is 0 Å². The molecule has 0 aromatic carbocycles. The summed E-state index contributed by atoms with van der Waals surface area (Å²) in [5.41, 5.74) is 1.21. The van der Waals surface area contributed by atoms with Gasteiger partial charge in [-0.2, -0.15) is 0 Å². The first-order valence-corrected chi connectivity index (χ1v) is 10.1. The highest BCUT2D eigenvalue weighted by Crippen LogP contribution is 2.42. The van der Waals surface area contributed by atoms with Gasteiger partial charge in [0.25, 0.3) is 0 Å². The van der Waals surface area contributed by atoms with Crippen LogP contribution in [0.3, 0.4) is 0 Å². The summed E-state index contributed by atoms with van der Waals surface area (Å²) in [5, 5.41) is 0. The second kappa shape index (κ2) is 9.76. The summed E-state index contributed by atoms with van der Waals surface area (Å²) in [7, 11) is 2.93. The minimum Gasteiger partial charge on any atom is -0.479 e. The van der Waals surface area contributed by atoms with Crippen LogP contribution in [0.4, 0.5) is 4.39 Å². The van der Waals surface area contributed by atoms with Gasteiger partial charge in [0.1, 0.15) is 0 Å². The molecule has 0 radical (unpaired) electrons. The number of carbonyl (C=O) groups excluding carboxylic acids is 1. The SMILES string of the molecule is CC[C@H](CC(=O)c1cnc(OC)nc1)C1CCC(c2ccnc(OC)c2F)CC1. The van der Waals surface area contributed by atoms with Crippen molar-refractivity contribution in [3.8, 4) is 11.9 Å². The Morgan fingerprint density at radius 1 is 1.14 bits per heavy atom. The van der Waals surface area contributed by atoms with Crippen molar-refractivity contribution in [2.45, 2.75) is 51.4 Å². The number of carbonyl (C=O) groups is 1. The number of rotatable bonds is 8. The van der Waals surface area contributed by atoms with Crippen LogP contribution in [0.25, 0.3) is 0 Å². The third kappa shape index (κ3) is 4.89. The second-order valence-electron chi connectivity index (χ2n) is 7.59. The summed E-state index contributed by atoms with van der Waals surface area (Å²) < 4.78 is 24.5. The highest BCUT2D eigenvalue weighted by Gasteiger charge is 2.30. The zero-order valence-electron chi connectivity index (χ0n) is 17.2. The maximum atomic E-state index is 14.5. The van der Waals surface area contributed by atoms with Crippen LogP contribution in [0.1, 0.15) is 67.3 Å². The molecule has 0 spiro atoms. The maximum Gasteiger partial charge on any atom is 0.316 e. The molecule has 0 aliphatic heterocycles. The fourth-order valence-corrected chi connectivity index (χ4v) is 4.36. The Kier molecular flexibility index (Phi) is 7.12. The molecule has 1 aliphatic rings. The van der Waals surface area contributed by atoms with E-state index in [1.807, 2.05) is 0 Å². The van der Waals surface area contributed by atoms with Crippen molar-refractivity contribution in [1.82, 2.24) is 15.0 Å². The van der Waals surface area contributed by atoms with Crippen molar-refractivity contribution in [3.05, 3.63) is 41.6 Å². The van der Waals surface area contributed by atoms with Crippen molar-refractivity contribution < 1.29 is 18.7 Å². The lowest BCUT2D eigenvalue weighted by atomic mass is 9.71. The maximum absolute atomic E-state index is 14.5. The Bertz CT molecular complexity index is 821. The van der Waals surface area contributed by atoms with Gasteiger partial charge in [-0.1, -0.05) is 13.3 Å². The highest BCUT2D eigenvalue weighted by molar-refractivity contribution is 5.95. The van der Waals surface area contributed by atoms with Crippen LogP contribution in [0.2, 0.25) is 0 Å². The van der Waals surface area contributed by atoms with E-state index in [1.54, 1.807) is 12.3 Å². The topological polar surface area (TPSA) is 74.2 Å². The molecule has 6 nitrogen and oxygen atoms in total.